The third kappa shape index (κ3) is 6.49. The Morgan fingerprint density at radius 3 is 2.45 bits per heavy atom. The molecule has 1 N–H and O–H groups in total. The smallest absolute Gasteiger partial charge is 0.390 e. The summed E-state index contributed by atoms with van der Waals surface area (Å²) in [5.41, 5.74) is 1.22. The zero-order valence-corrected chi connectivity index (χ0v) is 19.7. The molecule has 0 spiro atoms. The van der Waals surface area contributed by atoms with Gasteiger partial charge in [-0.3, -0.25) is 9.78 Å². The number of aliphatic hydroxyl groups is 1. The molecule has 0 radical (unpaired) electrons. The van der Waals surface area contributed by atoms with Gasteiger partial charge in [0.2, 0.25) is 0 Å². The number of aliphatic hydroxyl groups excluding tert-OH is 1. The van der Waals surface area contributed by atoms with Crippen LogP contribution in [-0.4, -0.2) is 16.1 Å². The highest BCUT2D eigenvalue weighted by Gasteiger charge is 2.30. The Labute approximate surface area is 197 Å². The first kappa shape index (κ1) is 25.1. The van der Waals surface area contributed by atoms with E-state index < -0.39 is 17.7 Å². The maximum Gasteiger partial charge on any atom is 0.416 e. The quantitative estimate of drug-likeness (QED) is 0.215. The molecule has 10 heteroatoms. The average Bonchev–Trinajstić information content (AvgIpc) is 3.19. The minimum absolute atomic E-state index is 0.124. The zero-order chi connectivity index (χ0) is 24.2. The van der Waals surface area contributed by atoms with E-state index in [0.29, 0.717) is 27.8 Å². The first-order chi connectivity index (χ1) is 15.6. The Bertz CT molecular complexity index is 1110. The molecule has 0 atom stereocenters. The highest BCUT2D eigenvalue weighted by molar-refractivity contribution is 7.98. The van der Waals surface area contributed by atoms with Crippen molar-refractivity contribution in [1.82, 2.24) is 4.98 Å². The number of thioether (sulfide) groups is 1. The van der Waals surface area contributed by atoms with Gasteiger partial charge in [0.05, 0.1) is 17.9 Å². The van der Waals surface area contributed by atoms with Crippen molar-refractivity contribution in [3.63, 3.8) is 0 Å². The van der Waals surface area contributed by atoms with Gasteiger partial charge in [0.1, 0.15) is 5.01 Å². The van der Waals surface area contributed by atoms with Crippen LogP contribution >= 0.6 is 23.1 Å². The van der Waals surface area contributed by atoms with E-state index in [-0.39, 0.29) is 12.5 Å². The van der Waals surface area contributed by atoms with Crippen LogP contribution in [0.15, 0.2) is 47.4 Å². The lowest BCUT2D eigenvalue weighted by atomic mass is 10.0. The molecule has 0 saturated heterocycles. The number of carbonyl (C=O) groups excluding carboxylic acids is 1. The van der Waals surface area contributed by atoms with Crippen molar-refractivity contribution >= 4 is 29.1 Å². The third-order valence-electron chi connectivity index (χ3n) is 4.61. The van der Waals surface area contributed by atoms with E-state index in [1.54, 1.807) is 6.07 Å². The van der Waals surface area contributed by atoms with Gasteiger partial charge >= 0.3 is 12.1 Å². The summed E-state index contributed by atoms with van der Waals surface area (Å²) in [5.74, 6) is 0.561. The predicted molar refractivity (Wildman–Crippen MR) is 121 cm³/mol. The lowest BCUT2D eigenvalue weighted by molar-refractivity contribution is -0.211. The highest BCUT2D eigenvalue weighted by atomic mass is 32.2. The molecule has 0 unspecified atom stereocenters. The molecular formula is C23H22F3NO4S2. The van der Waals surface area contributed by atoms with Gasteiger partial charge in [-0.1, -0.05) is 26.0 Å². The molecule has 5 nitrogen and oxygen atoms in total. The van der Waals surface area contributed by atoms with Crippen LogP contribution in [0.5, 0.6) is 5.75 Å². The topological polar surface area (TPSA) is 68.7 Å². The largest absolute Gasteiger partial charge is 0.416 e. The molecule has 0 amide bonds. The fraction of sp³-hybridized carbons (Fsp3) is 0.304. The lowest BCUT2D eigenvalue weighted by Gasteiger charge is -2.13. The van der Waals surface area contributed by atoms with Crippen molar-refractivity contribution in [3.8, 4) is 16.3 Å². The Balaban J connectivity index is 1.77. The van der Waals surface area contributed by atoms with Gasteiger partial charge in [-0.05, 0) is 36.2 Å². The number of rotatable bonds is 8. The number of thiazole rings is 1. The fourth-order valence-corrected chi connectivity index (χ4v) is 5.06. The van der Waals surface area contributed by atoms with Crippen molar-refractivity contribution in [2.75, 3.05) is 0 Å². The molecule has 0 fully saturated rings. The summed E-state index contributed by atoms with van der Waals surface area (Å²) < 4.78 is 38.4. The number of hydrogen-bond donors (Lipinski definition) is 1. The molecule has 1 heterocycles. The maximum absolute atomic E-state index is 12.8. The van der Waals surface area contributed by atoms with Crippen LogP contribution in [0.25, 0.3) is 10.6 Å². The van der Waals surface area contributed by atoms with Crippen LogP contribution in [0.2, 0.25) is 0 Å². The fourth-order valence-electron chi connectivity index (χ4n) is 2.94. The van der Waals surface area contributed by atoms with Gasteiger partial charge < -0.3 is 5.11 Å². The zero-order valence-electron chi connectivity index (χ0n) is 18.1. The van der Waals surface area contributed by atoms with E-state index in [4.69, 9.17) is 4.89 Å². The second kappa shape index (κ2) is 10.6. The molecular weight excluding hydrogens is 475 g/mol. The predicted octanol–water partition coefficient (Wildman–Crippen LogP) is 6.59. The Kier molecular flexibility index (Phi) is 8.04. The molecule has 0 aliphatic carbocycles. The summed E-state index contributed by atoms with van der Waals surface area (Å²) >= 11 is 2.87. The molecule has 0 bridgehead atoms. The minimum Gasteiger partial charge on any atom is -0.390 e. The highest BCUT2D eigenvalue weighted by Crippen LogP contribution is 2.37. The van der Waals surface area contributed by atoms with Crippen molar-refractivity contribution in [2.24, 2.45) is 0 Å². The Morgan fingerprint density at radius 2 is 1.88 bits per heavy atom. The molecule has 0 aliphatic rings. The summed E-state index contributed by atoms with van der Waals surface area (Å²) in [6.07, 6.45) is -4.40. The maximum atomic E-state index is 12.8. The summed E-state index contributed by atoms with van der Waals surface area (Å²) in [7, 11) is 0. The molecule has 3 rings (SSSR count). The van der Waals surface area contributed by atoms with Crippen molar-refractivity contribution in [2.45, 2.75) is 50.1 Å². The minimum atomic E-state index is -4.40. The molecule has 176 valence electrons. The van der Waals surface area contributed by atoms with Gasteiger partial charge in [0.15, 0.2) is 5.75 Å². The van der Waals surface area contributed by atoms with Gasteiger partial charge in [-0.2, -0.15) is 13.2 Å². The lowest BCUT2D eigenvalue weighted by Crippen LogP contribution is -2.05. The van der Waals surface area contributed by atoms with Crippen molar-refractivity contribution in [1.29, 1.82) is 0 Å². The van der Waals surface area contributed by atoms with Gasteiger partial charge in [-0.15, -0.1) is 23.1 Å². The second-order valence-corrected chi connectivity index (χ2v) is 9.56. The number of hydrogen-bond acceptors (Lipinski definition) is 7. The van der Waals surface area contributed by atoms with Crippen LogP contribution < -0.4 is 4.89 Å². The summed E-state index contributed by atoms with van der Waals surface area (Å²) in [5, 5.41) is 10.3. The molecule has 0 saturated carbocycles. The van der Waals surface area contributed by atoms with Crippen LogP contribution in [0, 0.1) is 0 Å². The molecule has 3 aromatic rings. The number of halogens is 3. The number of alkyl halides is 3. The van der Waals surface area contributed by atoms with E-state index in [2.05, 4.69) is 9.87 Å². The Hall–Kier alpha value is -2.56. The summed E-state index contributed by atoms with van der Waals surface area (Å²) in [6, 6.07) is 10.3. The SMILES string of the molecule is CC(=O)OOc1ccc(SCc2sc(-c3ccc(C(F)(F)F)cc3)nc2CO)cc1C(C)C. The molecule has 33 heavy (non-hydrogen) atoms. The first-order valence-electron chi connectivity index (χ1n) is 9.97. The van der Waals surface area contributed by atoms with Gasteiger partial charge in [0.25, 0.3) is 0 Å². The van der Waals surface area contributed by atoms with Crippen LogP contribution in [0.4, 0.5) is 13.2 Å². The standard InChI is InChI=1S/C23H22F3NO4S2/c1-13(2)18-10-17(8-9-20(18)31-30-14(3)29)32-12-21-19(11-28)27-22(33-21)15-4-6-16(7-5-15)23(24,25)26/h4-10,13,28H,11-12H2,1-3H3. The van der Waals surface area contributed by atoms with Gasteiger partial charge in [0, 0.05) is 33.6 Å². The number of aromatic nitrogens is 1. The summed E-state index contributed by atoms with van der Waals surface area (Å²) in [6.45, 7) is 4.98. The molecule has 0 aliphatic heterocycles. The average molecular weight is 498 g/mol. The second-order valence-electron chi connectivity index (χ2n) is 7.42. The van der Waals surface area contributed by atoms with E-state index in [1.165, 1.54) is 42.2 Å². The van der Waals surface area contributed by atoms with Crippen molar-refractivity contribution < 1.29 is 32.8 Å². The monoisotopic (exact) mass is 497 g/mol. The molecule has 1 aromatic heterocycles. The van der Waals surface area contributed by atoms with Crippen LogP contribution in [0.3, 0.4) is 0 Å². The van der Waals surface area contributed by atoms with E-state index in [0.717, 1.165) is 27.5 Å². The Morgan fingerprint density at radius 1 is 1.18 bits per heavy atom. The third-order valence-corrected chi connectivity index (χ3v) is 6.96. The number of nitrogens with zero attached hydrogens (tertiary/aromatic N) is 1. The van der Waals surface area contributed by atoms with E-state index >= 15 is 0 Å². The van der Waals surface area contributed by atoms with Gasteiger partial charge in [-0.25, -0.2) is 9.78 Å². The van der Waals surface area contributed by atoms with E-state index in [9.17, 15) is 23.1 Å². The first-order valence-corrected chi connectivity index (χ1v) is 11.8. The van der Waals surface area contributed by atoms with E-state index in [1.807, 2.05) is 26.0 Å². The normalized spacial score (nSPS) is 11.6. The van der Waals surface area contributed by atoms with Crippen LogP contribution in [0.1, 0.15) is 48.4 Å². The van der Waals surface area contributed by atoms with Crippen LogP contribution in [-0.2, 0) is 28.2 Å². The number of carbonyl (C=O) groups is 1. The molecule has 2 aromatic carbocycles. The summed E-state index contributed by atoms with van der Waals surface area (Å²) in [4.78, 5) is 27.0. The number of benzene rings is 2. The van der Waals surface area contributed by atoms with Crippen molar-refractivity contribution in [3.05, 3.63) is 64.2 Å².